The van der Waals surface area contributed by atoms with Gasteiger partial charge in [0, 0.05) is 15.9 Å². The number of oxazole rings is 1. The fraction of sp³-hybridized carbons (Fsp3) is 0.222. The molecule has 2 nitrogen and oxygen atoms in total. The summed E-state index contributed by atoms with van der Waals surface area (Å²) in [5.74, 6) is -0.613. The number of fused-ring (bicyclic) bond motifs is 1. The van der Waals surface area contributed by atoms with Gasteiger partial charge in [-0.3, -0.25) is 0 Å². The minimum Gasteiger partial charge on any atom is -0.434 e. The van der Waals surface area contributed by atoms with Crippen LogP contribution in [-0.2, 0) is 4.83 Å². The minimum atomic E-state index is -3.21. The van der Waals surface area contributed by atoms with E-state index in [4.69, 9.17) is 4.42 Å². The maximum absolute atomic E-state index is 12.8. The van der Waals surface area contributed by atoms with Gasteiger partial charge in [-0.25, -0.2) is 4.98 Å². The van der Waals surface area contributed by atoms with Crippen LogP contribution < -0.4 is 0 Å². The van der Waals surface area contributed by atoms with E-state index in [-0.39, 0.29) is 0 Å². The van der Waals surface area contributed by atoms with E-state index in [0.717, 1.165) is 5.56 Å². The van der Waals surface area contributed by atoms with Crippen molar-refractivity contribution in [1.29, 1.82) is 0 Å². The zero-order chi connectivity index (χ0) is 10.3. The van der Waals surface area contributed by atoms with Crippen molar-refractivity contribution in [1.82, 2.24) is 4.98 Å². The highest BCUT2D eigenvalue weighted by Gasteiger charge is 2.33. The van der Waals surface area contributed by atoms with Crippen LogP contribution in [0.4, 0.5) is 8.78 Å². The highest BCUT2D eigenvalue weighted by molar-refractivity contribution is 9.09. The molecule has 0 amide bonds. The Morgan fingerprint density at radius 1 is 1.43 bits per heavy atom. The summed E-state index contributed by atoms with van der Waals surface area (Å²) in [7, 11) is 0. The molecule has 2 rings (SSSR count). The third-order valence-electron chi connectivity index (χ3n) is 1.79. The summed E-state index contributed by atoms with van der Waals surface area (Å²) in [5.41, 5.74) is 1.76. The molecule has 0 radical (unpaired) electrons. The molecule has 0 unspecified atom stereocenters. The summed E-state index contributed by atoms with van der Waals surface area (Å²) in [6, 6.07) is 5.10. The van der Waals surface area contributed by atoms with Crippen LogP contribution in [0.3, 0.4) is 0 Å². The largest absolute Gasteiger partial charge is 0.434 e. The quantitative estimate of drug-likeness (QED) is 0.734. The Hall–Kier alpha value is -0.970. The highest BCUT2D eigenvalue weighted by atomic mass is 79.9. The first-order chi connectivity index (χ1) is 6.47. The van der Waals surface area contributed by atoms with Gasteiger partial charge < -0.3 is 4.42 Å². The van der Waals surface area contributed by atoms with Crippen molar-refractivity contribution < 1.29 is 13.2 Å². The lowest BCUT2D eigenvalue weighted by Gasteiger charge is -1.99. The number of nitrogens with zero attached hydrogens (tertiary/aromatic N) is 1. The molecule has 0 spiro atoms. The Labute approximate surface area is 87.1 Å². The topological polar surface area (TPSA) is 26.0 Å². The van der Waals surface area contributed by atoms with Gasteiger partial charge in [-0.05, 0) is 24.6 Å². The number of hydrogen-bond acceptors (Lipinski definition) is 2. The molecule has 0 fully saturated rings. The fourth-order valence-corrected chi connectivity index (χ4v) is 1.33. The van der Waals surface area contributed by atoms with E-state index in [1.807, 2.05) is 6.92 Å². The van der Waals surface area contributed by atoms with E-state index in [1.165, 1.54) is 0 Å². The zero-order valence-electron chi connectivity index (χ0n) is 7.22. The van der Waals surface area contributed by atoms with Gasteiger partial charge >= 0.3 is 4.83 Å². The summed E-state index contributed by atoms with van der Waals surface area (Å²) < 4.78 is 30.4. The van der Waals surface area contributed by atoms with Crippen LogP contribution in [0, 0.1) is 6.92 Å². The average molecular weight is 262 g/mol. The van der Waals surface area contributed by atoms with Gasteiger partial charge in [0.25, 0.3) is 5.89 Å². The SMILES string of the molecule is Cc1ccc2oc(C(F)(F)Br)nc2c1. The van der Waals surface area contributed by atoms with Crippen molar-refractivity contribution in [3.05, 3.63) is 29.7 Å². The summed E-state index contributed by atoms with van der Waals surface area (Å²) in [5, 5.41) is 0. The van der Waals surface area contributed by atoms with Crippen molar-refractivity contribution in [3.8, 4) is 0 Å². The second-order valence-electron chi connectivity index (χ2n) is 2.99. The number of halogens is 3. The first kappa shape index (κ1) is 9.58. The minimum absolute atomic E-state index is 0.365. The Morgan fingerprint density at radius 3 is 2.79 bits per heavy atom. The smallest absolute Gasteiger partial charge is 0.375 e. The molecule has 0 saturated carbocycles. The predicted octanol–water partition coefficient (Wildman–Crippen LogP) is 3.58. The first-order valence-corrected chi connectivity index (χ1v) is 4.70. The lowest BCUT2D eigenvalue weighted by Crippen LogP contribution is -2.01. The summed E-state index contributed by atoms with van der Waals surface area (Å²) >= 11 is 2.19. The van der Waals surface area contributed by atoms with Crippen LogP contribution in [-0.4, -0.2) is 4.98 Å². The van der Waals surface area contributed by atoms with Gasteiger partial charge in [-0.2, -0.15) is 8.78 Å². The molecule has 0 saturated heterocycles. The summed E-state index contributed by atoms with van der Waals surface area (Å²) in [6.45, 7) is 1.86. The van der Waals surface area contributed by atoms with Gasteiger partial charge in [0.1, 0.15) is 5.52 Å². The van der Waals surface area contributed by atoms with Crippen molar-refractivity contribution in [2.75, 3.05) is 0 Å². The van der Waals surface area contributed by atoms with Crippen LogP contribution in [0.5, 0.6) is 0 Å². The Balaban J connectivity index is 2.63. The van der Waals surface area contributed by atoms with Crippen LogP contribution in [0.1, 0.15) is 11.5 Å². The van der Waals surface area contributed by atoms with E-state index >= 15 is 0 Å². The van der Waals surface area contributed by atoms with Crippen molar-refractivity contribution >= 4 is 27.0 Å². The van der Waals surface area contributed by atoms with Crippen LogP contribution in [0.15, 0.2) is 22.6 Å². The van der Waals surface area contributed by atoms with E-state index in [9.17, 15) is 8.78 Å². The molecule has 14 heavy (non-hydrogen) atoms. The van der Waals surface area contributed by atoms with Gasteiger partial charge in [-0.15, -0.1) is 0 Å². The molecule has 0 bridgehead atoms. The monoisotopic (exact) mass is 261 g/mol. The molecule has 0 aliphatic rings. The lowest BCUT2D eigenvalue weighted by atomic mass is 10.2. The zero-order valence-corrected chi connectivity index (χ0v) is 8.81. The van der Waals surface area contributed by atoms with E-state index in [1.54, 1.807) is 18.2 Å². The summed E-state index contributed by atoms with van der Waals surface area (Å²) in [4.78, 5) is 0.473. The van der Waals surface area contributed by atoms with Gasteiger partial charge in [0.05, 0.1) is 0 Å². The van der Waals surface area contributed by atoms with E-state index in [0.29, 0.717) is 11.1 Å². The molecule has 0 aliphatic carbocycles. The molecule has 74 valence electrons. The van der Waals surface area contributed by atoms with Crippen molar-refractivity contribution in [3.63, 3.8) is 0 Å². The van der Waals surface area contributed by atoms with Crippen molar-refractivity contribution in [2.45, 2.75) is 11.8 Å². The third-order valence-corrected chi connectivity index (χ3v) is 2.12. The molecule has 0 aliphatic heterocycles. The molecule has 1 heterocycles. The number of alkyl halides is 3. The maximum Gasteiger partial charge on any atom is 0.375 e. The Bertz CT molecular complexity index is 475. The number of hydrogen-bond donors (Lipinski definition) is 0. The maximum atomic E-state index is 12.8. The second-order valence-corrected chi connectivity index (χ2v) is 3.98. The predicted molar refractivity (Wildman–Crippen MR) is 51.6 cm³/mol. The number of rotatable bonds is 1. The van der Waals surface area contributed by atoms with Crippen LogP contribution in [0.2, 0.25) is 0 Å². The molecule has 1 aromatic heterocycles. The molecule has 1 aromatic carbocycles. The van der Waals surface area contributed by atoms with Gasteiger partial charge in [-0.1, -0.05) is 6.07 Å². The molecule has 2 aromatic rings. The number of aromatic nitrogens is 1. The fourth-order valence-electron chi connectivity index (χ4n) is 1.16. The Morgan fingerprint density at radius 2 is 2.14 bits per heavy atom. The highest BCUT2D eigenvalue weighted by Crippen LogP contribution is 2.35. The lowest BCUT2D eigenvalue weighted by molar-refractivity contribution is 0.0824. The van der Waals surface area contributed by atoms with Crippen LogP contribution in [0.25, 0.3) is 11.1 Å². The normalized spacial score (nSPS) is 12.3. The number of benzene rings is 1. The summed E-state index contributed by atoms with van der Waals surface area (Å²) in [6.07, 6.45) is 0. The number of aryl methyl sites for hydroxylation is 1. The Kier molecular flexibility index (Phi) is 2.06. The average Bonchev–Trinajstić information content (AvgIpc) is 2.45. The van der Waals surface area contributed by atoms with Gasteiger partial charge in [0.2, 0.25) is 0 Å². The van der Waals surface area contributed by atoms with Gasteiger partial charge in [0.15, 0.2) is 5.58 Å². The van der Waals surface area contributed by atoms with Crippen molar-refractivity contribution in [2.24, 2.45) is 0 Å². The second kappa shape index (κ2) is 3.02. The standard InChI is InChI=1S/C9H6BrF2NO/c1-5-2-3-7-6(4-5)13-8(14-7)9(10,11)12/h2-4H,1H3. The van der Waals surface area contributed by atoms with E-state index < -0.39 is 10.7 Å². The molecular formula is C9H6BrF2NO. The molecule has 0 atom stereocenters. The molecule has 5 heteroatoms. The third kappa shape index (κ3) is 1.64. The van der Waals surface area contributed by atoms with Crippen LogP contribution >= 0.6 is 15.9 Å². The molecular weight excluding hydrogens is 256 g/mol. The van der Waals surface area contributed by atoms with E-state index in [2.05, 4.69) is 20.9 Å². The first-order valence-electron chi connectivity index (χ1n) is 3.91. The molecule has 0 N–H and O–H groups in total.